The lowest BCUT2D eigenvalue weighted by Crippen LogP contribution is -2.42. The molecule has 0 bridgehead atoms. The van der Waals surface area contributed by atoms with Gasteiger partial charge in [0.05, 0.1) is 36.8 Å². The molecule has 0 spiro atoms. The van der Waals surface area contributed by atoms with E-state index >= 15 is 0 Å². The highest BCUT2D eigenvalue weighted by atomic mass is 35.5. The van der Waals surface area contributed by atoms with E-state index in [0.29, 0.717) is 16.7 Å². The van der Waals surface area contributed by atoms with Crippen molar-refractivity contribution in [1.82, 2.24) is 15.2 Å². The van der Waals surface area contributed by atoms with Gasteiger partial charge in [0.1, 0.15) is 0 Å². The fraction of sp³-hybridized carbons (Fsp3) is 0.400. The van der Waals surface area contributed by atoms with Crippen molar-refractivity contribution >= 4 is 46.2 Å². The second kappa shape index (κ2) is 8.95. The molecule has 174 valence electrons. The number of hydrogen-bond donors (Lipinski definition) is 1. The minimum absolute atomic E-state index is 0.110. The van der Waals surface area contributed by atoms with Crippen molar-refractivity contribution in [3.8, 4) is 0 Å². The summed E-state index contributed by atoms with van der Waals surface area (Å²) < 4.78 is 4.86. The maximum atomic E-state index is 11.9. The van der Waals surface area contributed by atoms with Crippen molar-refractivity contribution in [2.24, 2.45) is 0 Å². The molecule has 6 nitrogen and oxygen atoms in total. The van der Waals surface area contributed by atoms with Crippen molar-refractivity contribution < 1.29 is 9.53 Å². The van der Waals surface area contributed by atoms with Gasteiger partial charge in [-0.05, 0) is 68.4 Å². The summed E-state index contributed by atoms with van der Waals surface area (Å²) in [6.07, 6.45) is 4.27. The van der Waals surface area contributed by atoms with Gasteiger partial charge >= 0.3 is 5.97 Å². The van der Waals surface area contributed by atoms with Crippen LogP contribution < -0.4 is 10.2 Å². The van der Waals surface area contributed by atoms with Crippen molar-refractivity contribution in [2.75, 3.05) is 25.6 Å². The highest BCUT2D eigenvalue weighted by Crippen LogP contribution is 2.46. The van der Waals surface area contributed by atoms with Crippen LogP contribution in [0.4, 0.5) is 5.69 Å². The van der Waals surface area contributed by atoms with Gasteiger partial charge < -0.3 is 19.9 Å². The number of methoxy groups -OCH3 is 1. The number of allylic oxidation sites excluding steroid dienone is 1. The number of ether oxygens (including phenoxy) is 1. The number of halogens is 1. The molecule has 0 radical (unpaired) electrons. The molecule has 1 N–H and O–H groups in total. The number of likely N-dealkylation sites (N-methyl/N-ethyl adjacent to an activating group) is 1. The van der Waals surface area contributed by atoms with Crippen LogP contribution in [0, 0.1) is 0 Å². The Hall–Kier alpha value is -2.64. The average molecular weight is 485 g/mol. The van der Waals surface area contributed by atoms with Crippen LogP contribution in [0.1, 0.15) is 56.1 Å². The molecule has 8 heteroatoms. The Labute approximate surface area is 205 Å². The third-order valence-electron chi connectivity index (χ3n) is 6.64. The van der Waals surface area contributed by atoms with E-state index in [1.807, 2.05) is 29.2 Å². The molecular weight excluding hydrogens is 456 g/mol. The van der Waals surface area contributed by atoms with E-state index in [2.05, 4.69) is 55.2 Å². The first kappa shape index (κ1) is 23.5. The first-order chi connectivity index (χ1) is 15.6. The molecule has 0 saturated carbocycles. The second-order valence-corrected chi connectivity index (χ2v) is 9.87. The van der Waals surface area contributed by atoms with E-state index in [1.165, 1.54) is 12.7 Å². The summed E-state index contributed by atoms with van der Waals surface area (Å²) in [6, 6.07) is 9.61. The zero-order valence-corrected chi connectivity index (χ0v) is 21.1. The summed E-state index contributed by atoms with van der Waals surface area (Å²) >= 11 is 12.6. The summed E-state index contributed by atoms with van der Waals surface area (Å²) in [5, 5.41) is 4.64. The summed E-state index contributed by atoms with van der Waals surface area (Å²) in [4.78, 5) is 20.7. The van der Waals surface area contributed by atoms with Gasteiger partial charge in [0, 0.05) is 36.1 Å². The van der Waals surface area contributed by atoms with Crippen LogP contribution in [0.3, 0.4) is 0 Å². The number of rotatable bonds is 5. The maximum absolute atomic E-state index is 11.9. The molecule has 2 aliphatic heterocycles. The number of esters is 1. The smallest absolute Gasteiger partial charge is 0.307 e. The Kier molecular flexibility index (Phi) is 6.38. The largest absolute Gasteiger partial charge is 0.469 e. The van der Waals surface area contributed by atoms with Crippen molar-refractivity contribution in [3.63, 3.8) is 0 Å². The fourth-order valence-corrected chi connectivity index (χ4v) is 5.31. The molecule has 4 rings (SSSR count). The lowest BCUT2D eigenvalue weighted by molar-refractivity contribution is -0.140. The number of carbonyl (C=O) groups is 1. The Morgan fingerprint density at radius 1 is 1.33 bits per heavy atom. The molecule has 0 amide bonds. The highest BCUT2D eigenvalue weighted by molar-refractivity contribution is 7.80. The molecule has 2 atom stereocenters. The predicted molar refractivity (Wildman–Crippen MR) is 136 cm³/mol. The molecular formula is C25H29ClN4O2S. The van der Waals surface area contributed by atoms with Crippen LogP contribution in [0.15, 0.2) is 42.6 Å². The van der Waals surface area contributed by atoms with Gasteiger partial charge in [-0.1, -0.05) is 23.7 Å². The quantitative estimate of drug-likeness (QED) is 0.478. The standard InChI is InChI=1S/C25H29ClN4O2S/c1-15-14-25(2,3)29(4)20-13-18(26)17(12-16(15)20)23-22(19-8-6-7-10-27-19)28-24(33)30(23)11-9-21(31)32-5/h6-8,10,12-14,22-23H,9,11H2,1-5H3,(H,28,33)/t22-,23+/m0/s1. The van der Waals surface area contributed by atoms with Crippen molar-refractivity contribution in [1.29, 1.82) is 0 Å². The van der Waals surface area contributed by atoms with E-state index in [-0.39, 0.29) is 30.0 Å². The first-order valence-corrected chi connectivity index (χ1v) is 11.7. The first-order valence-electron chi connectivity index (χ1n) is 11.0. The van der Waals surface area contributed by atoms with Crippen LogP contribution >= 0.6 is 23.8 Å². The second-order valence-electron chi connectivity index (χ2n) is 9.08. The van der Waals surface area contributed by atoms with Gasteiger partial charge in [0.25, 0.3) is 0 Å². The van der Waals surface area contributed by atoms with E-state index in [0.717, 1.165) is 22.5 Å². The Bertz CT molecular complexity index is 1120. The molecule has 1 aromatic heterocycles. The molecule has 1 aromatic carbocycles. The molecule has 0 aliphatic carbocycles. The number of thiocarbonyl (C=S) groups is 1. The topological polar surface area (TPSA) is 57.7 Å². The zero-order valence-electron chi connectivity index (χ0n) is 19.6. The van der Waals surface area contributed by atoms with E-state index in [1.54, 1.807) is 6.20 Å². The summed E-state index contributed by atoms with van der Waals surface area (Å²) in [6.45, 7) is 6.92. The van der Waals surface area contributed by atoms with Gasteiger partial charge in [-0.2, -0.15) is 0 Å². The van der Waals surface area contributed by atoms with Crippen LogP contribution in [-0.2, 0) is 9.53 Å². The summed E-state index contributed by atoms with van der Waals surface area (Å²) in [7, 11) is 3.48. The predicted octanol–water partition coefficient (Wildman–Crippen LogP) is 4.90. The molecule has 1 fully saturated rings. The molecule has 1 saturated heterocycles. The normalized spacial score (nSPS) is 21.4. The van der Waals surface area contributed by atoms with E-state index in [4.69, 9.17) is 28.6 Å². The summed E-state index contributed by atoms with van der Waals surface area (Å²) in [5.74, 6) is -0.281. The third kappa shape index (κ3) is 4.32. The number of carbonyl (C=O) groups excluding carboxylic acids is 1. The van der Waals surface area contributed by atoms with Gasteiger partial charge in [-0.15, -0.1) is 0 Å². The minimum Gasteiger partial charge on any atom is -0.469 e. The van der Waals surface area contributed by atoms with Crippen LogP contribution in [0.25, 0.3) is 5.57 Å². The number of nitrogens with zero attached hydrogens (tertiary/aromatic N) is 3. The van der Waals surface area contributed by atoms with Gasteiger partial charge in [0.15, 0.2) is 5.11 Å². The SMILES string of the molecule is COC(=O)CCN1C(=S)N[C@@H](c2ccccn2)[C@H]1c1cc2c(cc1Cl)N(C)C(C)(C)C=C2C. The number of pyridine rings is 1. The summed E-state index contributed by atoms with van der Waals surface area (Å²) in [5.41, 5.74) is 5.14. The van der Waals surface area contributed by atoms with E-state index in [9.17, 15) is 4.79 Å². The fourth-order valence-electron chi connectivity index (χ4n) is 4.71. The number of hydrogen-bond acceptors (Lipinski definition) is 5. The minimum atomic E-state index is -0.281. The van der Waals surface area contributed by atoms with Crippen LogP contribution in [-0.4, -0.2) is 47.2 Å². The third-order valence-corrected chi connectivity index (χ3v) is 7.32. The molecule has 0 unspecified atom stereocenters. The Morgan fingerprint density at radius 2 is 2.09 bits per heavy atom. The monoisotopic (exact) mass is 484 g/mol. The molecule has 2 aliphatic rings. The van der Waals surface area contributed by atoms with Crippen LogP contribution in [0.2, 0.25) is 5.02 Å². The Morgan fingerprint density at radius 3 is 2.76 bits per heavy atom. The highest BCUT2D eigenvalue weighted by Gasteiger charge is 2.41. The average Bonchev–Trinajstić information content (AvgIpc) is 3.11. The van der Waals surface area contributed by atoms with E-state index < -0.39 is 0 Å². The number of aromatic nitrogens is 1. The lowest BCUT2D eigenvalue weighted by Gasteiger charge is -2.41. The van der Waals surface area contributed by atoms with Gasteiger partial charge in [0.2, 0.25) is 0 Å². The molecule has 2 aromatic rings. The Balaban J connectivity index is 1.82. The number of fused-ring (bicyclic) bond motifs is 1. The molecule has 33 heavy (non-hydrogen) atoms. The number of nitrogens with one attached hydrogen (secondary N) is 1. The van der Waals surface area contributed by atoms with Gasteiger partial charge in [-0.3, -0.25) is 9.78 Å². The van der Waals surface area contributed by atoms with Crippen molar-refractivity contribution in [2.45, 2.75) is 44.8 Å². The van der Waals surface area contributed by atoms with Crippen molar-refractivity contribution in [3.05, 3.63) is 64.4 Å². The number of anilines is 1. The zero-order chi connectivity index (χ0) is 23.9. The lowest BCUT2D eigenvalue weighted by atomic mass is 9.86. The maximum Gasteiger partial charge on any atom is 0.307 e. The molecule has 3 heterocycles. The number of benzene rings is 1. The van der Waals surface area contributed by atoms with Crippen LogP contribution in [0.5, 0.6) is 0 Å². The van der Waals surface area contributed by atoms with Gasteiger partial charge in [-0.25, -0.2) is 0 Å².